The average Bonchev–Trinajstić information content (AvgIpc) is 2.89. The highest BCUT2D eigenvalue weighted by Crippen LogP contribution is 2.65. The van der Waals surface area contributed by atoms with Gasteiger partial charge >= 0.3 is 0 Å². The molecule has 1 unspecified atom stereocenters. The lowest BCUT2D eigenvalue weighted by Crippen LogP contribution is -2.20. The third-order valence-corrected chi connectivity index (χ3v) is 6.02. The summed E-state index contributed by atoms with van der Waals surface area (Å²) in [7, 11) is -3.13. The molecule has 18 heavy (non-hydrogen) atoms. The smallest absolute Gasteiger partial charge is 0.213 e. The van der Waals surface area contributed by atoms with Crippen molar-refractivity contribution in [2.75, 3.05) is 5.75 Å². The molecule has 1 aromatic heterocycles. The molecular weight excluding hydrogens is 253 g/mol. The largest absolute Gasteiger partial charge is 0.228 e. The minimum atomic E-state index is -3.13. The van der Waals surface area contributed by atoms with Crippen LogP contribution >= 0.6 is 0 Å². The van der Waals surface area contributed by atoms with Crippen LogP contribution in [0, 0.1) is 17.3 Å². The average molecular weight is 269 g/mol. The lowest BCUT2D eigenvalue weighted by atomic mass is 9.80. The number of pyridine rings is 1. The summed E-state index contributed by atoms with van der Waals surface area (Å²) in [5.41, 5.74) is 0.863. The Morgan fingerprint density at radius 3 is 2.78 bits per heavy atom. The molecule has 0 radical (unpaired) electrons. The first-order valence-electron chi connectivity index (χ1n) is 6.30. The summed E-state index contributed by atoms with van der Waals surface area (Å²) in [6.07, 6.45) is 6.00. The molecule has 5 heteroatoms. The zero-order valence-corrected chi connectivity index (χ0v) is 10.9. The monoisotopic (exact) mass is 269 g/mol. The molecule has 2 aliphatic carbocycles. The molecule has 3 nitrogen and oxygen atoms in total. The first-order chi connectivity index (χ1) is 8.49. The fraction of sp³-hybridized carbons (Fsp3) is 0.615. The SMILES string of the molecule is O=S(=O)(Cc1ccnc(F)c1)CC1CC12CCC2. The highest BCUT2D eigenvalue weighted by molar-refractivity contribution is 7.90. The molecule has 0 aromatic carbocycles. The molecule has 0 N–H and O–H groups in total. The van der Waals surface area contributed by atoms with E-state index in [4.69, 9.17) is 0 Å². The highest BCUT2D eigenvalue weighted by Gasteiger charge is 2.58. The van der Waals surface area contributed by atoms with Crippen molar-refractivity contribution in [1.29, 1.82) is 0 Å². The standard InChI is InChI=1S/C13H16FNO2S/c14-12-6-10(2-5-15-12)8-18(16,17)9-11-7-13(11)3-1-4-13/h2,5-6,11H,1,3-4,7-9H2. The number of rotatable bonds is 4. The zero-order chi connectivity index (χ0) is 12.8. The maximum absolute atomic E-state index is 12.9. The molecule has 0 saturated heterocycles. The third-order valence-electron chi connectivity index (χ3n) is 4.34. The predicted molar refractivity (Wildman–Crippen MR) is 66.1 cm³/mol. The summed E-state index contributed by atoms with van der Waals surface area (Å²) in [4.78, 5) is 3.43. The topological polar surface area (TPSA) is 47.0 Å². The molecule has 1 aromatic rings. The van der Waals surface area contributed by atoms with Crippen molar-refractivity contribution in [3.05, 3.63) is 29.8 Å². The van der Waals surface area contributed by atoms with E-state index in [1.165, 1.54) is 31.5 Å². The van der Waals surface area contributed by atoms with Crippen LogP contribution in [0.4, 0.5) is 4.39 Å². The van der Waals surface area contributed by atoms with Crippen molar-refractivity contribution in [3.8, 4) is 0 Å². The molecule has 98 valence electrons. The predicted octanol–water partition coefficient (Wildman–Crippen LogP) is 2.33. The van der Waals surface area contributed by atoms with E-state index in [-0.39, 0.29) is 11.5 Å². The van der Waals surface area contributed by atoms with E-state index in [0.29, 0.717) is 16.9 Å². The Kier molecular flexibility index (Phi) is 2.70. The summed E-state index contributed by atoms with van der Waals surface area (Å²) in [5.74, 6) is -0.0804. The fourth-order valence-electron chi connectivity index (χ4n) is 3.06. The van der Waals surface area contributed by atoms with E-state index in [2.05, 4.69) is 4.98 Å². The molecule has 1 atom stereocenters. The lowest BCUT2D eigenvalue weighted by Gasteiger charge is -2.26. The third kappa shape index (κ3) is 2.28. The van der Waals surface area contributed by atoms with Crippen LogP contribution in [-0.4, -0.2) is 19.2 Å². The summed E-state index contributed by atoms with van der Waals surface area (Å²) in [5, 5.41) is 0. The van der Waals surface area contributed by atoms with E-state index in [0.717, 1.165) is 6.42 Å². The van der Waals surface area contributed by atoms with Crippen molar-refractivity contribution >= 4 is 9.84 Å². The van der Waals surface area contributed by atoms with E-state index < -0.39 is 15.8 Å². The molecule has 2 fully saturated rings. The minimum absolute atomic E-state index is 0.0704. The number of hydrogen-bond donors (Lipinski definition) is 0. The van der Waals surface area contributed by atoms with Crippen molar-refractivity contribution in [3.63, 3.8) is 0 Å². The van der Waals surface area contributed by atoms with Gasteiger partial charge in [-0.25, -0.2) is 13.4 Å². The summed E-state index contributed by atoms with van der Waals surface area (Å²) < 4.78 is 37.0. The number of hydrogen-bond acceptors (Lipinski definition) is 3. The second-order valence-corrected chi connectivity index (χ2v) is 7.77. The van der Waals surface area contributed by atoms with Gasteiger partial charge in [-0.2, -0.15) is 4.39 Å². The second-order valence-electron chi connectivity index (χ2n) is 5.66. The molecule has 0 amide bonds. The van der Waals surface area contributed by atoms with Crippen LogP contribution in [0.15, 0.2) is 18.3 Å². The van der Waals surface area contributed by atoms with Gasteiger partial charge in [0.1, 0.15) is 0 Å². The quantitative estimate of drug-likeness (QED) is 0.788. The Morgan fingerprint density at radius 2 is 2.22 bits per heavy atom. The normalized spacial score (nSPS) is 24.8. The molecule has 0 aliphatic heterocycles. The van der Waals surface area contributed by atoms with Crippen LogP contribution in [0.25, 0.3) is 0 Å². The number of sulfone groups is 1. The molecular formula is C13H16FNO2S. The van der Waals surface area contributed by atoms with Gasteiger partial charge in [0, 0.05) is 6.20 Å². The van der Waals surface area contributed by atoms with Crippen LogP contribution in [0.2, 0.25) is 0 Å². The van der Waals surface area contributed by atoms with Gasteiger partial charge in [0.05, 0.1) is 11.5 Å². The Morgan fingerprint density at radius 1 is 1.44 bits per heavy atom. The number of halogens is 1. The minimum Gasteiger partial charge on any atom is -0.228 e. The van der Waals surface area contributed by atoms with Gasteiger partial charge in [0.15, 0.2) is 9.84 Å². The first-order valence-corrected chi connectivity index (χ1v) is 8.12. The van der Waals surface area contributed by atoms with Gasteiger partial charge in [-0.3, -0.25) is 0 Å². The molecule has 1 spiro atoms. The number of nitrogens with zero attached hydrogens (tertiary/aromatic N) is 1. The lowest BCUT2D eigenvalue weighted by molar-refractivity contribution is 0.264. The maximum atomic E-state index is 12.9. The van der Waals surface area contributed by atoms with E-state index in [1.54, 1.807) is 6.07 Å². The van der Waals surface area contributed by atoms with Gasteiger partial charge in [0.25, 0.3) is 0 Å². The van der Waals surface area contributed by atoms with Gasteiger partial charge in [-0.05, 0) is 48.3 Å². The Labute approximate surface area is 106 Å². The van der Waals surface area contributed by atoms with Gasteiger partial charge in [-0.1, -0.05) is 6.42 Å². The number of aromatic nitrogens is 1. The fourth-order valence-corrected chi connectivity index (χ4v) is 4.95. The summed E-state index contributed by atoms with van der Waals surface area (Å²) in [6.45, 7) is 0. The first kappa shape index (κ1) is 12.1. The Balaban J connectivity index is 1.64. The highest BCUT2D eigenvalue weighted by atomic mass is 32.2. The Hall–Kier alpha value is -0.970. The molecule has 2 saturated carbocycles. The molecule has 3 rings (SSSR count). The van der Waals surface area contributed by atoms with Crippen molar-refractivity contribution < 1.29 is 12.8 Å². The molecule has 1 heterocycles. The van der Waals surface area contributed by atoms with Crippen LogP contribution < -0.4 is 0 Å². The van der Waals surface area contributed by atoms with Gasteiger partial charge in [-0.15, -0.1) is 0 Å². The summed E-state index contributed by atoms with van der Waals surface area (Å²) in [6, 6.07) is 2.76. The Bertz CT molecular complexity index is 566. The van der Waals surface area contributed by atoms with Gasteiger partial charge in [0.2, 0.25) is 5.95 Å². The van der Waals surface area contributed by atoms with Crippen LogP contribution in [0.5, 0.6) is 0 Å². The van der Waals surface area contributed by atoms with Crippen LogP contribution in [0.3, 0.4) is 0 Å². The van der Waals surface area contributed by atoms with E-state index in [9.17, 15) is 12.8 Å². The van der Waals surface area contributed by atoms with Crippen molar-refractivity contribution in [2.45, 2.75) is 31.4 Å². The van der Waals surface area contributed by atoms with E-state index >= 15 is 0 Å². The molecule has 0 bridgehead atoms. The summed E-state index contributed by atoms with van der Waals surface area (Å²) >= 11 is 0. The van der Waals surface area contributed by atoms with Gasteiger partial charge < -0.3 is 0 Å². The molecule has 2 aliphatic rings. The van der Waals surface area contributed by atoms with Crippen molar-refractivity contribution in [1.82, 2.24) is 4.98 Å². The van der Waals surface area contributed by atoms with E-state index in [1.807, 2.05) is 0 Å². The zero-order valence-electron chi connectivity index (χ0n) is 10.1. The van der Waals surface area contributed by atoms with Crippen molar-refractivity contribution in [2.24, 2.45) is 11.3 Å². The maximum Gasteiger partial charge on any atom is 0.213 e. The second kappa shape index (κ2) is 4.02. The van der Waals surface area contributed by atoms with Crippen LogP contribution in [-0.2, 0) is 15.6 Å². The van der Waals surface area contributed by atoms with Crippen LogP contribution in [0.1, 0.15) is 31.2 Å².